The van der Waals surface area contributed by atoms with Crippen LogP contribution >= 0.6 is 11.3 Å². The van der Waals surface area contributed by atoms with E-state index in [-0.39, 0.29) is 5.56 Å². The molecule has 0 saturated heterocycles. The van der Waals surface area contributed by atoms with Gasteiger partial charge < -0.3 is 15.8 Å². The van der Waals surface area contributed by atoms with Gasteiger partial charge >= 0.3 is 5.97 Å². The maximum Gasteiger partial charge on any atom is 0.331 e. The molecule has 0 spiro atoms. The van der Waals surface area contributed by atoms with E-state index < -0.39 is 24.4 Å². The van der Waals surface area contributed by atoms with Gasteiger partial charge in [0, 0.05) is 6.08 Å². The van der Waals surface area contributed by atoms with Crippen LogP contribution in [0.1, 0.15) is 17.3 Å². The number of carbonyl (C=O) groups is 3. The third-order valence-corrected chi connectivity index (χ3v) is 2.89. The van der Waals surface area contributed by atoms with Crippen molar-refractivity contribution in [3.63, 3.8) is 0 Å². The lowest BCUT2D eigenvalue weighted by Crippen LogP contribution is -2.21. The van der Waals surface area contributed by atoms with Crippen molar-refractivity contribution in [2.24, 2.45) is 5.73 Å². The normalized spacial score (nSPS) is 10.8. The minimum Gasteiger partial charge on any atom is -0.452 e. The van der Waals surface area contributed by atoms with E-state index in [2.05, 4.69) is 5.32 Å². The van der Waals surface area contributed by atoms with Gasteiger partial charge in [-0.3, -0.25) is 9.59 Å². The molecule has 0 unspecified atom stereocenters. The first-order valence-corrected chi connectivity index (χ1v) is 6.55. The number of hydrogen-bond donors (Lipinski definition) is 2. The number of nitrogens with one attached hydrogen (secondary N) is 1. The van der Waals surface area contributed by atoms with Crippen molar-refractivity contribution in [3.8, 4) is 0 Å². The molecule has 1 heterocycles. The van der Waals surface area contributed by atoms with E-state index in [1.54, 1.807) is 24.5 Å². The van der Waals surface area contributed by atoms with Gasteiger partial charge in [0.1, 0.15) is 5.00 Å². The fourth-order valence-electron chi connectivity index (χ4n) is 1.19. The van der Waals surface area contributed by atoms with E-state index in [4.69, 9.17) is 10.5 Å². The Balaban J connectivity index is 2.46. The summed E-state index contributed by atoms with van der Waals surface area (Å²) in [5.74, 6) is -1.80. The number of rotatable bonds is 6. The number of hydrogen-bond acceptors (Lipinski definition) is 5. The zero-order valence-corrected chi connectivity index (χ0v) is 11.6. The number of ether oxygens (including phenoxy) is 1. The summed E-state index contributed by atoms with van der Waals surface area (Å²) in [6.07, 6.45) is 6.11. The lowest BCUT2D eigenvalue weighted by atomic mass is 10.3. The molecule has 1 rings (SSSR count). The van der Waals surface area contributed by atoms with Gasteiger partial charge in [0.15, 0.2) is 6.61 Å². The first kappa shape index (κ1) is 15.6. The molecule has 106 valence electrons. The van der Waals surface area contributed by atoms with Gasteiger partial charge in [0.05, 0.1) is 5.56 Å². The number of anilines is 1. The van der Waals surface area contributed by atoms with Crippen molar-refractivity contribution in [1.29, 1.82) is 0 Å². The quantitative estimate of drug-likeness (QED) is 0.471. The number of amides is 2. The monoisotopic (exact) mass is 294 g/mol. The molecule has 0 fully saturated rings. The van der Waals surface area contributed by atoms with Gasteiger partial charge in [0.25, 0.3) is 11.8 Å². The predicted molar refractivity (Wildman–Crippen MR) is 76.4 cm³/mol. The maximum absolute atomic E-state index is 11.5. The van der Waals surface area contributed by atoms with Crippen LogP contribution in [0.2, 0.25) is 0 Å². The van der Waals surface area contributed by atoms with E-state index in [9.17, 15) is 14.4 Å². The highest BCUT2D eigenvalue weighted by Gasteiger charge is 2.13. The number of nitrogens with two attached hydrogens (primary N) is 1. The number of primary amides is 1. The van der Waals surface area contributed by atoms with Crippen LogP contribution < -0.4 is 11.1 Å². The highest BCUT2D eigenvalue weighted by atomic mass is 32.1. The second-order valence-corrected chi connectivity index (χ2v) is 4.48. The molecule has 6 nitrogen and oxygen atoms in total. The summed E-state index contributed by atoms with van der Waals surface area (Å²) in [5, 5.41) is 4.42. The van der Waals surface area contributed by atoms with E-state index >= 15 is 0 Å². The van der Waals surface area contributed by atoms with Crippen LogP contribution in [0.15, 0.2) is 35.8 Å². The van der Waals surface area contributed by atoms with Crippen molar-refractivity contribution >= 4 is 34.1 Å². The van der Waals surface area contributed by atoms with Crippen molar-refractivity contribution in [1.82, 2.24) is 0 Å². The molecule has 3 N–H and O–H groups in total. The predicted octanol–water partition coefficient (Wildman–Crippen LogP) is 1.46. The zero-order valence-electron chi connectivity index (χ0n) is 10.8. The molecule has 0 aromatic carbocycles. The molecule has 1 aromatic rings. The van der Waals surface area contributed by atoms with Crippen LogP contribution in [0.25, 0.3) is 0 Å². The Morgan fingerprint density at radius 2 is 2.15 bits per heavy atom. The van der Waals surface area contributed by atoms with Gasteiger partial charge in [0.2, 0.25) is 0 Å². The van der Waals surface area contributed by atoms with E-state index in [0.717, 1.165) is 11.3 Å². The SMILES string of the molecule is CC=CC=CC(=O)OCC(=O)Nc1sccc1C(N)=O. The average Bonchev–Trinajstić information content (AvgIpc) is 2.85. The van der Waals surface area contributed by atoms with Crippen molar-refractivity contribution in [3.05, 3.63) is 41.3 Å². The molecule has 0 saturated carbocycles. The average molecular weight is 294 g/mol. The number of esters is 1. The Morgan fingerprint density at radius 3 is 2.80 bits per heavy atom. The summed E-state index contributed by atoms with van der Waals surface area (Å²) in [7, 11) is 0. The summed E-state index contributed by atoms with van der Waals surface area (Å²) >= 11 is 1.16. The lowest BCUT2D eigenvalue weighted by molar-refractivity contribution is -0.142. The molecular formula is C13H14N2O4S. The van der Waals surface area contributed by atoms with E-state index in [0.29, 0.717) is 5.00 Å². The minimum absolute atomic E-state index is 0.225. The molecule has 0 radical (unpaired) electrons. The van der Waals surface area contributed by atoms with Gasteiger partial charge in [-0.15, -0.1) is 11.3 Å². The van der Waals surface area contributed by atoms with Crippen molar-refractivity contribution < 1.29 is 19.1 Å². The highest BCUT2D eigenvalue weighted by molar-refractivity contribution is 7.14. The van der Waals surface area contributed by atoms with Gasteiger partial charge in [-0.05, 0) is 18.4 Å². The molecule has 0 aliphatic carbocycles. The second kappa shape index (κ2) is 7.90. The molecule has 7 heteroatoms. The summed E-state index contributed by atoms with van der Waals surface area (Å²) in [4.78, 5) is 33.8. The fourth-order valence-corrected chi connectivity index (χ4v) is 2.00. The van der Waals surface area contributed by atoms with Crippen LogP contribution in [0.5, 0.6) is 0 Å². The summed E-state index contributed by atoms with van der Waals surface area (Å²) < 4.78 is 4.72. The Kier molecular flexibility index (Phi) is 6.18. The van der Waals surface area contributed by atoms with E-state index in [1.165, 1.54) is 18.2 Å². The Morgan fingerprint density at radius 1 is 1.40 bits per heavy atom. The van der Waals surface area contributed by atoms with Gasteiger partial charge in [-0.25, -0.2) is 4.79 Å². The standard InChI is InChI=1S/C13H14N2O4S/c1-2-3-4-5-11(17)19-8-10(16)15-13-9(12(14)18)6-7-20-13/h2-7H,8H2,1H3,(H2,14,18)(H,15,16). The van der Waals surface area contributed by atoms with Gasteiger partial charge in [-0.1, -0.05) is 18.2 Å². The van der Waals surface area contributed by atoms with Crippen LogP contribution in [0, 0.1) is 0 Å². The molecule has 0 bridgehead atoms. The molecule has 0 aliphatic heterocycles. The van der Waals surface area contributed by atoms with Crippen molar-refractivity contribution in [2.75, 3.05) is 11.9 Å². The molecule has 20 heavy (non-hydrogen) atoms. The molecule has 1 aromatic heterocycles. The zero-order chi connectivity index (χ0) is 15.0. The third kappa shape index (κ3) is 5.07. The summed E-state index contributed by atoms with van der Waals surface area (Å²) in [6, 6.07) is 1.51. The number of thiophene rings is 1. The molecular weight excluding hydrogens is 280 g/mol. The van der Waals surface area contributed by atoms with Gasteiger partial charge in [-0.2, -0.15) is 0 Å². The smallest absolute Gasteiger partial charge is 0.331 e. The second-order valence-electron chi connectivity index (χ2n) is 3.57. The summed E-state index contributed by atoms with van der Waals surface area (Å²) in [5.41, 5.74) is 5.37. The molecule has 2 amide bonds. The number of carbonyl (C=O) groups excluding carboxylic acids is 3. The Labute approximate surface area is 119 Å². The van der Waals surface area contributed by atoms with Crippen molar-refractivity contribution in [2.45, 2.75) is 6.92 Å². The highest BCUT2D eigenvalue weighted by Crippen LogP contribution is 2.22. The Bertz CT molecular complexity index is 560. The van der Waals surface area contributed by atoms with Crippen LogP contribution in [0.3, 0.4) is 0 Å². The first-order chi connectivity index (χ1) is 9.54. The lowest BCUT2D eigenvalue weighted by Gasteiger charge is -2.04. The largest absolute Gasteiger partial charge is 0.452 e. The third-order valence-electron chi connectivity index (χ3n) is 2.07. The van der Waals surface area contributed by atoms with Crippen LogP contribution in [-0.2, 0) is 14.3 Å². The first-order valence-electron chi connectivity index (χ1n) is 5.68. The van der Waals surface area contributed by atoms with Crippen LogP contribution in [-0.4, -0.2) is 24.4 Å². The molecule has 0 aliphatic rings. The topological polar surface area (TPSA) is 98.5 Å². The Hall–Kier alpha value is -2.41. The van der Waals surface area contributed by atoms with Crippen LogP contribution in [0.4, 0.5) is 5.00 Å². The number of allylic oxidation sites excluding steroid dienone is 3. The minimum atomic E-state index is -0.632. The molecule has 0 atom stereocenters. The maximum atomic E-state index is 11.5. The van der Waals surface area contributed by atoms with E-state index in [1.807, 2.05) is 0 Å². The fraction of sp³-hybridized carbons (Fsp3) is 0.154. The summed E-state index contributed by atoms with van der Waals surface area (Å²) in [6.45, 7) is 1.37.